The van der Waals surface area contributed by atoms with E-state index in [9.17, 15) is 0 Å². The van der Waals surface area contributed by atoms with E-state index >= 15 is 0 Å². The van der Waals surface area contributed by atoms with Crippen molar-refractivity contribution in [3.63, 3.8) is 0 Å². The van der Waals surface area contributed by atoms with Gasteiger partial charge in [0.15, 0.2) is 0 Å². The predicted octanol–water partition coefficient (Wildman–Crippen LogP) is 2.12. The second-order valence-corrected chi connectivity index (χ2v) is 6.61. The molecule has 0 amide bonds. The molecule has 2 heterocycles. The van der Waals surface area contributed by atoms with Crippen LogP contribution >= 0.6 is 0 Å². The molecule has 2 fully saturated rings. The van der Waals surface area contributed by atoms with Crippen molar-refractivity contribution in [2.75, 3.05) is 32.8 Å². The average molecular weight is 304 g/mol. The summed E-state index contributed by atoms with van der Waals surface area (Å²) in [6, 6.07) is 9.66. The van der Waals surface area contributed by atoms with Gasteiger partial charge in [-0.3, -0.25) is 9.80 Å². The molecule has 0 unspecified atom stereocenters. The average Bonchev–Trinajstić information content (AvgIpc) is 2.50. The lowest BCUT2D eigenvalue weighted by atomic mass is 9.97. The quantitative estimate of drug-likeness (QED) is 0.873. The van der Waals surface area contributed by atoms with E-state index in [1.54, 1.807) is 0 Å². The van der Waals surface area contributed by atoms with Crippen molar-refractivity contribution < 1.29 is 9.84 Å². The lowest BCUT2D eigenvalue weighted by molar-refractivity contribution is -0.00657. The summed E-state index contributed by atoms with van der Waals surface area (Å²) < 4.78 is 5.63. The van der Waals surface area contributed by atoms with Crippen LogP contribution in [0.3, 0.4) is 0 Å². The van der Waals surface area contributed by atoms with Gasteiger partial charge in [-0.15, -0.1) is 0 Å². The molecule has 4 nitrogen and oxygen atoms in total. The Morgan fingerprint density at radius 1 is 1.23 bits per heavy atom. The lowest BCUT2D eigenvalue weighted by Crippen LogP contribution is -2.61. The van der Waals surface area contributed by atoms with E-state index in [4.69, 9.17) is 9.84 Å². The number of likely N-dealkylation sites (tertiary alicyclic amines) is 2. The third-order valence-electron chi connectivity index (χ3n) is 4.98. The molecular weight excluding hydrogens is 276 g/mol. The molecule has 3 rings (SSSR count). The summed E-state index contributed by atoms with van der Waals surface area (Å²) in [5.74, 6) is 0.909. The van der Waals surface area contributed by atoms with E-state index in [0.29, 0.717) is 6.61 Å². The van der Waals surface area contributed by atoms with Crippen molar-refractivity contribution in [3.8, 4) is 5.75 Å². The first-order valence-corrected chi connectivity index (χ1v) is 8.57. The Morgan fingerprint density at radius 3 is 2.82 bits per heavy atom. The molecule has 122 valence electrons. The zero-order valence-corrected chi connectivity index (χ0v) is 13.6. The van der Waals surface area contributed by atoms with Crippen molar-refractivity contribution in [2.45, 2.75) is 44.8 Å². The standard InChI is InChI=1S/C18H28N2O2/c1-15-6-4-5-9-20(15)17-13-19(14-17)12-16-7-2-3-8-18(16)22-11-10-21/h2-3,7-8,15,17,21H,4-6,9-14H2,1H3/t15-/m1/s1. The van der Waals surface area contributed by atoms with Gasteiger partial charge < -0.3 is 9.84 Å². The summed E-state index contributed by atoms with van der Waals surface area (Å²) in [5.41, 5.74) is 1.22. The van der Waals surface area contributed by atoms with Gasteiger partial charge in [0.2, 0.25) is 0 Å². The predicted molar refractivity (Wildman–Crippen MR) is 88.1 cm³/mol. The molecule has 0 radical (unpaired) electrons. The molecule has 2 aliphatic heterocycles. The highest BCUT2D eigenvalue weighted by Gasteiger charge is 2.35. The van der Waals surface area contributed by atoms with Gasteiger partial charge in [-0.2, -0.15) is 0 Å². The van der Waals surface area contributed by atoms with E-state index in [2.05, 4.69) is 28.9 Å². The van der Waals surface area contributed by atoms with Gasteiger partial charge in [0.25, 0.3) is 0 Å². The third kappa shape index (κ3) is 3.62. The van der Waals surface area contributed by atoms with E-state index < -0.39 is 0 Å². The second kappa shape index (κ2) is 7.44. The zero-order valence-electron chi connectivity index (χ0n) is 13.6. The highest BCUT2D eigenvalue weighted by atomic mass is 16.5. The molecule has 0 aromatic heterocycles. The lowest BCUT2D eigenvalue weighted by Gasteiger charge is -2.49. The molecule has 2 saturated heterocycles. The number of rotatable bonds is 6. The molecule has 0 saturated carbocycles. The molecule has 0 aliphatic carbocycles. The zero-order chi connectivity index (χ0) is 15.4. The van der Waals surface area contributed by atoms with E-state index in [0.717, 1.165) is 24.4 Å². The number of aliphatic hydroxyl groups excluding tert-OH is 1. The topological polar surface area (TPSA) is 35.9 Å². The fourth-order valence-corrected chi connectivity index (χ4v) is 3.72. The van der Waals surface area contributed by atoms with Crippen molar-refractivity contribution in [2.24, 2.45) is 0 Å². The van der Waals surface area contributed by atoms with Crippen molar-refractivity contribution >= 4 is 0 Å². The van der Waals surface area contributed by atoms with Crippen molar-refractivity contribution in [3.05, 3.63) is 29.8 Å². The third-order valence-corrected chi connectivity index (χ3v) is 4.98. The van der Waals surface area contributed by atoms with E-state index in [1.165, 1.54) is 44.5 Å². The van der Waals surface area contributed by atoms with Crippen LogP contribution in [-0.4, -0.2) is 59.8 Å². The van der Waals surface area contributed by atoms with Gasteiger partial charge in [0.1, 0.15) is 12.4 Å². The minimum absolute atomic E-state index is 0.0625. The van der Waals surface area contributed by atoms with E-state index in [-0.39, 0.29) is 6.61 Å². The number of nitrogens with zero attached hydrogens (tertiary/aromatic N) is 2. The SMILES string of the molecule is C[C@@H]1CCCCN1C1CN(Cc2ccccc2OCCO)C1. The maximum absolute atomic E-state index is 8.92. The van der Waals surface area contributed by atoms with Crippen LogP contribution in [0, 0.1) is 0 Å². The van der Waals surface area contributed by atoms with Gasteiger partial charge in [-0.1, -0.05) is 24.6 Å². The summed E-state index contributed by atoms with van der Waals surface area (Å²) in [6.45, 7) is 7.35. The fraction of sp³-hybridized carbons (Fsp3) is 0.667. The normalized spacial score (nSPS) is 24.2. The Kier molecular flexibility index (Phi) is 5.34. The molecule has 0 bridgehead atoms. The molecule has 2 aliphatic rings. The number of benzene rings is 1. The molecule has 4 heteroatoms. The van der Waals surface area contributed by atoms with Crippen LogP contribution in [0.25, 0.3) is 0 Å². The van der Waals surface area contributed by atoms with Crippen LogP contribution in [-0.2, 0) is 6.54 Å². The van der Waals surface area contributed by atoms with Crippen LogP contribution < -0.4 is 4.74 Å². The van der Waals surface area contributed by atoms with Gasteiger partial charge >= 0.3 is 0 Å². The Hall–Kier alpha value is -1.10. The van der Waals surface area contributed by atoms with Gasteiger partial charge in [0, 0.05) is 37.3 Å². The highest BCUT2D eigenvalue weighted by molar-refractivity contribution is 5.33. The summed E-state index contributed by atoms with van der Waals surface area (Å²) in [7, 11) is 0. The largest absolute Gasteiger partial charge is 0.491 e. The minimum Gasteiger partial charge on any atom is -0.491 e. The smallest absolute Gasteiger partial charge is 0.123 e. The first kappa shape index (κ1) is 15.8. The van der Waals surface area contributed by atoms with Crippen LogP contribution in [0.2, 0.25) is 0 Å². The van der Waals surface area contributed by atoms with Crippen molar-refractivity contribution in [1.29, 1.82) is 0 Å². The number of ether oxygens (including phenoxy) is 1. The number of aliphatic hydroxyl groups is 1. The summed E-state index contributed by atoms with van der Waals surface area (Å²) >= 11 is 0. The molecule has 1 aromatic carbocycles. The number of hydrogen-bond acceptors (Lipinski definition) is 4. The van der Waals surface area contributed by atoms with Crippen molar-refractivity contribution in [1.82, 2.24) is 9.80 Å². The summed E-state index contributed by atoms with van der Waals surface area (Å²) in [4.78, 5) is 5.20. The highest BCUT2D eigenvalue weighted by Crippen LogP contribution is 2.27. The summed E-state index contributed by atoms with van der Waals surface area (Å²) in [6.07, 6.45) is 4.11. The number of piperidine rings is 1. The molecule has 0 spiro atoms. The van der Waals surface area contributed by atoms with Crippen LogP contribution in [0.4, 0.5) is 0 Å². The Balaban J connectivity index is 1.51. The molecular formula is C18H28N2O2. The van der Waals surface area contributed by atoms with Crippen LogP contribution in [0.1, 0.15) is 31.7 Å². The first-order valence-electron chi connectivity index (χ1n) is 8.57. The Bertz CT molecular complexity index is 474. The van der Waals surface area contributed by atoms with Gasteiger partial charge in [-0.05, 0) is 32.4 Å². The molecule has 1 atom stereocenters. The van der Waals surface area contributed by atoms with Gasteiger partial charge in [0.05, 0.1) is 6.61 Å². The minimum atomic E-state index is 0.0625. The second-order valence-electron chi connectivity index (χ2n) is 6.61. The monoisotopic (exact) mass is 304 g/mol. The van der Waals surface area contributed by atoms with Crippen LogP contribution in [0.5, 0.6) is 5.75 Å². The van der Waals surface area contributed by atoms with Gasteiger partial charge in [-0.25, -0.2) is 0 Å². The summed E-state index contributed by atoms with van der Waals surface area (Å²) in [5, 5.41) is 8.92. The Morgan fingerprint density at radius 2 is 2.05 bits per heavy atom. The molecule has 1 aromatic rings. The first-order chi connectivity index (χ1) is 10.8. The maximum atomic E-state index is 8.92. The number of hydrogen-bond donors (Lipinski definition) is 1. The van der Waals surface area contributed by atoms with Crippen LogP contribution in [0.15, 0.2) is 24.3 Å². The molecule has 1 N–H and O–H groups in total. The fourth-order valence-electron chi connectivity index (χ4n) is 3.72. The Labute approximate surface area is 133 Å². The molecule has 22 heavy (non-hydrogen) atoms. The van der Waals surface area contributed by atoms with E-state index in [1.807, 2.05) is 12.1 Å². The number of para-hydroxylation sites is 1. The maximum Gasteiger partial charge on any atom is 0.123 e.